The van der Waals surface area contributed by atoms with E-state index in [1.54, 1.807) is 0 Å². The van der Waals surface area contributed by atoms with Gasteiger partial charge in [0.2, 0.25) is 0 Å². The van der Waals surface area contributed by atoms with Crippen LogP contribution in [0, 0.1) is 5.92 Å². The van der Waals surface area contributed by atoms with E-state index in [1.165, 1.54) is 11.1 Å². The van der Waals surface area contributed by atoms with Gasteiger partial charge in [-0.25, -0.2) is 0 Å². The number of carbonyl (C=O) groups is 1. The van der Waals surface area contributed by atoms with Gasteiger partial charge < -0.3 is 9.84 Å². The van der Waals surface area contributed by atoms with Gasteiger partial charge in [-0.15, -0.1) is 0 Å². The standard InChI is InChI=1S/C22H30O3/c1-16(2)5-4-6-17(3)13-14-25-20-11-9-19(10-12-20)21(15-22(23)24)18-7-8-18/h5,9-13,18,21H,4,6-8,14-15H2,1-3H3,(H,23,24)/b17-13+/t21-/m1/s1. The van der Waals surface area contributed by atoms with Crippen LogP contribution in [-0.4, -0.2) is 17.7 Å². The van der Waals surface area contributed by atoms with Crippen LogP contribution in [0.2, 0.25) is 0 Å². The SMILES string of the molecule is CC(C)=CCC/C(C)=C/COc1ccc([C@H](CC(=O)O)C2CC2)cc1. The Bertz CT molecular complexity index is 617. The molecular weight excluding hydrogens is 312 g/mol. The van der Waals surface area contributed by atoms with Crippen LogP contribution in [0.25, 0.3) is 0 Å². The maximum absolute atomic E-state index is 11.1. The zero-order chi connectivity index (χ0) is 18.2. The Kier molecular flexibility index (Phi) is 7.30. The smallest absolute Gasteiger partial charge is 0.303 e. The van der Waals surface area contributed by atoms with Gasteiger partial charge in [0.1, 0.15) is 12.4 Å². The predicted molar refractivity (Wildman–Crippen MR) is 102 cm³/mol. The molecule has 136 valence electrons. The molecular formula is C22H30O3. The predicted octanol–water partition coefficient (Wildman–Crippen LogP) is 5.73. The number of benzene rings is 1. The van der Waals surface area contributed by atoms with Gasteiger partial charge in [-0.3, -0.25) is 4.79 Å². The van der Waals surface area contributed by atoms with Crippen LogP contribution >= 0.6 is 0 Å². The first-order valence-corrected chi connectivity index (χ1v) is 9.19. The summed E-state index contributed by atoms with van der Waals surface area (Å²) in [4.78, 5) is 11.1. The fraction of sp³-hybridized carbons (Fsp3) is 0.500. The molecule has 0 bridgehead atoms. The zero-order valence-electron chi connectivity index (χ0n) is 15.6. The Morgan fingerprint density at radius 2 is 1.88 bits per heavy atom. The number of allylic oxidation sites excluding steroid dienone is 3. The maximum Gasteiger partial charge on any atom is 0.303 e. The largest absolute Gasteiger partial charge is 0.490 e. The van der Waals surface area contributed by atoms with Gasteiger partial charge in [0, 0.05) is 0 Å². The van der Waals surface area contributed by atoms with Crippen molar-refractivity contribution in [3.8, 4) is 5.75 Å². The second kappa shape index (κ2) is 9.45. The van der Waals surface area contributed by atoms with E-state index < -0.39 is 5.97 Å². The molecule has 3 heteroatoms. The molecule has 0 aliphatic heterocycles. The number of carboxylic acids is 1. The third kappa shape index (κ3) is 7.16. The third-order valence-corrected chi connectivity index (χ3v) is 4.67. The second-order valence-electron chi connectivity index (χ2n) is 7.29. The zero-order valence-corrected chi connectivity index (χ0v) is 15.6. The highest BCUT2D eigenvalue weighted by Gasteiger charge is 2.33. The van der Waals surface area contributed by atoms with E-state index in [9.17, 15) is 4.79 Å². The van der Waals surface area contributed by atoms with Crippen LogP contribution < -0.4 is 4.74 Å². The fourth-order valence-electron chi connectivity index (χ4n) is 3.03. The van der Waals surface area contributed by atoms with Gasteiger partial charge in [0.15, 0.2) is 0 Å². The highest BCUT2D eigenvalue weighted by Crippen LogP contribution is 2.44. The normalized spacial score (nSPS) is 15.6. The van der Waals surface area contributed by atoms with Crippen molar-refractivity contribution >= 4 is 5.97 Å². The molecule has 25 heavy (non-hydrogen) atoms. The molecule has 2 rings (SSSR count). The van der Waals surface area contributed by atoms with Crippen LogP contribution in [0.1, 0.15) is 64.4 Å². The summed E-state index contributed by atoms with van der Waals surface area (Å²) in [5, 5.41) is 9.10. The Morgan fingerprint density at radius 3 is 2.44 bits per heavy atom. The molecule has 1 aromatic carbocycles. The van der Waals surface area contributed by atoms with E-state index in [0.29, 0.717) is 12.5 Å². The summed E-state index contributed by atoms with van der Waals surface area (Å²) in [6, 6.07) is 7.96. The quantitative estimate of drug-likeness (QED) is 0.553. The number of carboxylic acid groups (broad SMARTS) is 1. The van der Waals surface area contributed by atoms with Crippen molar-refractivity contribution in [1.82, 2.24) is 0 Å². The number of rotatable bonds is 10. The van der Waals surface area contributed by atoms with Crippen LogP contribution in [0.4, 0.5) is 0 Å². The molecule has 1 fully saturated rings. The van der Waals surface area contributed by atoms with Gasteiger partial charge >= 0.3 is 5.97 Å². The monoisotopic (exact) mass is 342 g/mol. The Morgan fingerprint density at radius 1 is 1.20 bits per heavy atom. The van der Waals surface area contributed by atoms with E-state index >= 15 is 0 Å². The summed E-state index contributed by atoms with van der Waals surface area (Å²) in [7, 11) is 0. The first-order chi connectivity index (χ1) is 12.0. The molecule has 0 aromatic heterocycles. The van der Waals surface area contributed by atoms with E-state index in [-0.39, 0.29) is 12.3 Å². The first-order valence-electron chi connectivity index (χ1n) is 9.19. The average Bonchev–Trinajstić information content (AvgIpc) is 3.38. The van der Waals surface area contributed by atoms with Crippen LogP contribution in [0.3, 0.4) is 0 Å². The van der Waals surface area contributed by atoms with E-state index in [1.807, 2.05) is 24.3 Å². The molecule has 0 unspecified atom stereocenters. The molecule has 1 atom stereocenters. The van der Waals surface area contributed by atoms with E-state index in [4.69, 9.17) is 9.84 Å². The Balaban J connectivity index is 1.83. The Labute approximate surface area is 151 Å². The number of hydrogen-bond donors (Lipinski definition) is 1. The van der Waals surface area contributed by atoms with Gasteiger partial charge in [-0.05, 0) is 82.1 Å². The molecule has 0 amide bonds. The summed E-state index contributed by atoms with van der Waals surface area (Å²) in [6.07, 6.45) is 9.03. The minimum Gasteiger partial charge on any atom is -0.490 e. The first kappa shape index (κ1) is 19.3. The summed E-state index contributed by atoms with van der Waals surface area (Å²) in [5.74, 6) is 0.797. The topological polar surface area (TPSA) is 46.5 Å². The lowest BCUT2D eigenvalue weighted by Crippen LogP contribution is -2.08. The third-order valence-electron chi connectivity index (χ3n) is 4.67. The molecule has 1 N–H and O–H groups in total. The van der Waals surface area contributed by atoms with Crippen LogP contribution in [0.5, 0.6) is 5.75 Å². The highest BCUT2D eigenvalue weighted by atomic mass is 16.5. The van der Waals surface area contributed by atoms with Crippen LogP contribution in [0.15, 0.2) is 47.6 Å². The number of hydrogen-bond acceptors (Lipinski definition) is 2. The lowest BCUT2D eigenvalue weighted by atomic mass is 9.91. The van der Waals surface area contributed by atoms with Gasteiger partial charge in [-0.1, -0.05) is 29.4 Å². The molecule has 1 aliphatic rings. The lowest BCUT2D eigenvalue weighted by molar-refractivity contribution is -0.137. The number of ether oxygens (including phenoxy) is 1. The number of aliphatic carboxylic acids is 1. The maximum atomic E-state index is 11.1. The summed E-state index contributed by atoms with van der Waals surface area (Å²) >= 11 is 0. The van der Waals surface area contributed by atoms with Gasteiger partial charge in [0.25, 0.3) is 0 Å². The van der Waals surface area contributed by atoms with E-state index in [2.05, 4.69) is 32.9 Å². The minimum atomic E-state index is -0.717. The Hall–Kier alpha value is -2.03. The molecule has 0 saturated heterocycles. The summed E-state index contributed by atoms with van der Waals surface area (Å²) in [6.45, 7) is 6.95. The molecule has 1 aliphatic carbocycles. The average molecular weight is 342 g/mol. The molecule has 0 heterocycles. The molecule has 0 radical (unpaired) electrons. The fourth-order valence-corrected chi connectivity index (χ4v) is 3.03. The second-order valence-corrected chi connectivity index (χ2v) is 7.29. The highest BCUT2D eigenvalue weighted by molar-refractivity contribution is 5.68. The molecule has 1 saturated carbocycles. The van der Waals surface area contributed by atoms with E-state index in [0.717, 1.165) is 37.0 Å². The molecule has 3 nitrogen and oxygen atoms in total. The lowest BCUT2D eigenvalue weighted by Gasteiger charge is -2.15. The van der Waals surface area contributed by atoms with Crippen molar-refractivity contribution in [3.63, 3.8) is 0 Å². The van der Waals surface area contributed by atoms with Crippen molar-refractivity contribution in [2.75, 3.05) is 6.61 Å². The van der Waals surface area contributed by atoms with Crippen molar-refractivity contribution in [2.24, 2.45) is 5.92 Å². The van der Waals surface area contributed by atoms with Crippen molar-refractivity contribution in [3.05, 3.63) is 53.1 Å². The van der Waals surface area contributed by atoms with Crippen molar-refractivity contribution < 1.29 is 14.6 Å². The van der Waals surface area contributed by atoms with Gasteiger partial charge in [-0.2, -0.15) is 0 Å². The minimum absolute atomic E-state index is 0.142. The molecule has 0 spiro atoms. The summed E-state index contributed by atoms with van der Waals surface area (Å²) in [5.41, 5.74) is 3.81. The van der Waals surface area contributed by atoms with Crippen molar-refractivity contribution in [2.45, 2.75) is 58.8 Å². The van der Waals surface area contributed by atoms with Gasteiger partial charge in [0.05, 0.1) is 6.42 Å². The van der Waals surface area contributed by atoms with Crippen molar-refractivity contribution in [1.29, 1.82) is 0 Å². The summed E-state index contributed by atoms with van der Waals surface area (Å²) < 4.78 is 5.79. The van der Waals surface area contributed by atoms with Crippen LogP contribution in [-0.2, 0) is 4.79 Å². The molecule has 1 aromatic rings.